The van der Waals surface area contributed by atoms with Crippen LogP contribution in [0.2, 0.25) is 5.02 Å². The molecule has 72 valence electrons. The monoisotopic (exact) mass is 213 g/mol. The molecule has 0 saturated heterocycles. The lowest BCUT2D eigenvalue weighted by Crippen LogP contribution is -1.86. The Labute approximate surface area is 84.2 Å². The molecule has 1 amide bonds. The van der Waals surface area contributed by atoms with Crippen LogP contribution in [-0.4, -0.2) is 5.91 Å². The third-order valence-electron chi connectivity index (χ3n) is 1.48. The molecule has 0 radical (unpaired) electrons. The standard InChI is InChI=1S/C9H5ClFNO2/c10-7-3-1-2-6(9(7)11)4-5-8(13)12-14/h1-5H. The molecule has 1 rings (SSSR count). The third-order valence-corrected chi connectivity index (χ3v) is 1.77. The van der Waals surface area contributed by atoms with Gasteiger partial charge >= 0.3 is 5.91 Å². The Kier molecular flexibility index (Phi) is 3.48. The van der Waals surface area contributed by atoms with Crippen molar-refractivity contribution in [3.8, 4) is 0 Å². The summed E-state index contributed by atoms with van der Waals surface area (Å²) < 4.78 is 13.2. The van der Waals surface area contributed by atoms with Gasteiger partial charge in [0, 0.05) is 16.8 Å². The number of nitrogens with zero attached hydrogens (tertiary/aromatic N) is 1. The second-order valence-electron chi connectivity index (χ2n) is 2.41. The maximum absolute atomic E-state index is 13.2. The molecule has 0 aliphatic rings. The second-order valence-corrected chi connectivity index (χ2v) is 2.81. The van der Waals surface area contributed by atoms with Gasteiger partial charge in [0.15, 0.2) is 0 Å². The van der Waals surface area contributed by atoms with Crippen LogP contribution in [0.25, 0.3) is 6.08 Å². The molecule has 0 aromatic heterocycles. The first kappa shape index (κ1) is 10.5. The molecular formula is C9H5ClFNO2. The summed E-state index contributed by atoms with van der Waals surface area (Å²) in [6, 6.07) is 4.34. The van der Waals surface area contributed by atoms with E-state index in [1.807, 2.05) is 0 Å². The molecule has 0 saturated carbocycles. The Morgan fingerprint density at radius 2 is 2.21 bits per heavy atom. The number of rotatable bonds is 2. The zero-order valence-electron chi connectivity index (χ0n) is 6.91. The van der Waals surface area contributed by atoms with Gasteiger partial charge in [-0.15, -0.1) is 4.91 Å². The third kappa shape index (κ3) is 2.47. The first-order valence-corrected chi connectivity index (χ1v) is 4.02. The molecule has 0 fully saturated rings. The first-order chi connectivity index (χ1) is 6.65. The fourth-order valence-corrected chi connectivity index (χ4v) is 1.02. The molecule has 3 nitrogen and oxygen atoms in total. The van der Waals surface area contributed by atoms with E-state index in [0.29, 0.717) is 0 Å². The van der Waals surface area contributed by atoms with Crippen LogP contribution >= 0.6 is 11.6 Å². The lowest BCUT2D eigenvalue weighted by Gasteiger charge is -1.96. The highest BCUT2D eigenvalue weighted by molar-refractivity contribution is 6.30. The molecule has 0 heterocycles. The summed E-state index contributed by atoms with van der Waals surface area (Å²) in [5, 5.41) is 2.08. The van der Waals surface area contributed by atoms with Gasteiger partial charge in [-0.3, -0.25) is 4.79 Å². The summed E-state index contributed by atoms with van der Waals surface area (Å²) in [4.78, 5) is 20.2. The van der Waals surface area contributed by atoms with E-state index in [0.717, 1.165) is 12.2 Å². The largest absolute Gasteiger partial charge is 0.309 e. The number of hydrogen-bond donors (Lipinski definition) is 0. The summed E-state index contributed by atoms with van der Waals surface area (Å²) in [5.41, 5.74) is 0.134. The fourth-order valence-electron chi connectivity index (χ4n) is 0.841. The topological polar surface area (TPSA) is 46.5 Å². The van der Waals surface area contributed by atoms with Crippen LogP contribution in [0.1, 0.15) is 5.56 Å². The molecule has 0 aliphatic heterocycles. The van der Waals surface area contributed by atoms with Gasteiger partial charge in [0.1, 0.15) is 5.82 Å². The lowest BCUT2D eigenvalue weighted by molar-refractivity contribution is -0.113. The second kappa shape index (κ2) is 4.62. The molecule has 1 aromatic rings. The van der Waals surface area contributed by atoms with Gasteiger partial charge < -0.3 is 0 Å². The van der Waals surface area contributed by atoms with Crippen molar-refractivity contribution in [2.24, 2.45) is 5.18 Å². The first-order valence-electron chi connectivity index (χ1n) is 3.64. The van der Waals surface area contributed by atoms with Crippen molar-refractivity contribution in [2.45, 2.75) is 0 Å². The van der Waals surface area contributed by atoms with E-state index >= 15 is 0 Å². The number of amides is 1. The van der Waals surface area contributed by atoms with Crippen molar-refractivity contribution in [3.63, 3.8) is 0 Å². The normalized spacial score (nSPS) is 10.4. The molecule has 0 aliphatic carbocycles. The smallest absolute Gasteiger partial charge is 0.264 e. The Morgan fingerprint density at radius 1 is 1.50 bits per heavy atom. The van der Waals surface area contributed by atoms with E-state index < -0.39 is 11.7 Å². The van der Waals surface area contributed by atoms with Gasteiger partial charge in [-0.2, -0.15) is 0 Å². The zero-order chi connectivity index (χ0) is 10.6. The summed E-state index contributed by atoms with van der Waals surface area (Å²) in [5.74, 6) is -1.60. The Hall–Kier alpha value is -1.55. The maximum Gasteiger partial charge on any atom is 0.309 e. The minimum absolute atomic E-state index is 0.0429. The van der Waals surface area contributed by atoms with Gasteiger partial charge in [-0.25, -0.2) is 4.39 Å². The molecular weight excluding hydrogens is 209 g/mol. The fraction of sp³-hybridized carbons (Fsp3) is 0. The van der Waals surface area contributed by atoms with Crippen LogP contribution in [0, 0.1) is 10.7 Å². The molecule has 14 heavy (non-hydrogen) atoms. The Morgan fingerprint density at radius 3 is 2.86 bits per heavy atom. The van der Waals surface area contributed by atoms with Gasteiger partial charge in [0.05, 0.1) is 5.02 Å². The molecule has 0 spiro atoms. The highest BCUT2D eigenvalue weighted by Crippen LogP contribution is 2.18. The quantitative estimate of drug-likeness (QED) is 0.560. The predicted molar refractivity (Wildman–Crippen MR) is 51.2 cm³/mol. The Bertz CT molecular complexity index is 404. The number of hydrogen-bond acceptors (Lipinski definition) is 2. The SMILES string of the molecule is O=NC(=O)C=Cc1cccc(Cl)c1F. The van der Waals surface area contributed by atoms with Crippen molar-refractivity contribution in [3.05, 3.63) is 45.6 Å². The van der Waals surface area contributed by atoms with Gasteiger partial charge in [-0.05, 0) is 12.1 Å². The molecule has 0 atom stereocenters. The molecule has 5 heteroatoms. The summed E-state index contributed by atoms with van der Waals surface area (Å²) in [6.45, 7) is 0. The number of carbonyl (C=O) groups is 1. The maximum atomic E-state index is 13.2. The highest BCUT2D eigenvalue weighted by Gasteiger charge is 2.03. The lowest BCUT2D eigenvalue weighted by atomic mass is 10.2. The average molecular weight is 214 g/mol. The van der Waals surface area contributed by atoms with E-state index in [9.17, 15) is 14.1 Å². The van der Waals surface area contributed by atoms with Crippen LogP contribution in [0.15, 0.2) is 29.5 Å². The van der Waals surface area contributed by atoms with Crippen molar-refractivity contribution < 1.29 is 9.18 Å². The average Bonchev–Trinajstić information content (AvgIpc) is 2.20. The van der Waals surface area contributed by atoms with E-state index in [1.165, 1.54) is 18.2 Å². The minimum Gasteiger partial charge on any atom is -0.264 e. The van der Waals surface area contributed by atoms with Crippen LogP contribution < -0.4 is 0 Å². The number of halogens is 2. The molecule has 0 unspecified atom stereocenters. The van der Waals surface area contributed by atoms with Crippen LogP contribution in [-0.2, 0) is 4.79 Å². The zero-order valence-corrected chi connectivity index (χ0v) is 7.66. The summed E-state index contributed by atoms with van der Waals surface area (Å²) in [6.07, 6.45) is 2.02. The molecule has 0 bridgehead atoms. The number of carbonyl (C=O) groups excluding carboxylic acids is 1. The minimum atomic E-state index is -0.968. The van der Waals surface area contributed by atoms with Gasteiger partial charge in [0.2, 0.25) is 0 Å². The predicted octanol–water partition coefficient (Wildman–Crippen LogP) is 2.79. The molecule has 1 aromatic carbocycles. The van der Waals surface area contributed by atoms with Gasteiger partial charge in [0.25, 0.3) is 0 Å². The van der Waals surface area contributed by atoms with E-state index in [2.05, 4.69) is 5.18 Å². The molecule has 0 N–H and O–H groups in total. The number of benzene rings is 1. The summed E-state index contributed by atoms with van der Waals surface area (Å²) >= 11 is 5.48. The van der Waals surface area contributed by atoms with E-state index in [-0.39, 0.29) is 10.6 Å². The Balaban J connectivity index is 2.97. The van der Waals surface area contributed by atoms with Gasteiger partial charge in [-0.1, -0.05) is 23.7 Å². The van der Waals surface area contributed by atoms with E-state index in [4.69, 9.17) is 11.6 Å². The van der Waals surface area contributed by atoms with Crippen LogP contribution in [0.4, 0.5) is 4.39 Å². The summed E-state index contributed by atoms with van der Waals surface area (Å²) in [7, 11) is 0. The van der Waals surface area contributed by atoms with Crippen molar-refractivity contribution >= 4 is 23.6 Å². The number of nitroso groups, excluding NO2 is 1. The van der Waals surface area contributed by atoms with Crippen molar-refractivity contribution in [2.75, 3.05) is 0 Å². The highest BCUT2D eigenvalue weighted by atomic mass is 35.5. The van der Waals surface area contributed by atoms with E-state index in [1.54, 1.807) is 0 Å². The van der Waals surface area contributed by atoms with Crippen molar-refractivity contribution in [1.29, 1.82) is 0 Å². The van der Waals surface area contributed by atoms with Crippen molar-refractivity contribution in [1.82, 2.24) is 0 Å². The van der Waals surface area contributed by atoms with Crippen LogP contribution in [0.3, 0.4) is 0 Å². The van der Waals surface area contributed by atoms with Crippen LogP contribution in [0.5, 0.6) is 0 Å².